The lowest BCUT2D eigenvalue weighted by Gasteiger charge is -2.35. The number of halogens is 3. The van der Waals surface area contributed by atoms with E-state index in [1.807, 2.05) is 4.90 Å². The van der Waals surface area contributed by atoms with Crippen LogP contribution in [0.2, 0.25) is 0 Å². The third-order valence-corrected chi connectivity index (χ3v) is 5.79. The van der Waals surface area contributed by atoms with Gasteiger partial charge in [-0.3, -0.25) is 4.79 Å². The topological polar surface area (TPSA) is 95.9 Å². The molecule has 0 radical (unpaired) electrons. The Balaban J connectivity index is 1.47. The zero-order valence-electron chi connectivity index (χ0n) is 20.6. The number of rotatable bonds is 5. The van der Waals surface area contributed by atoms with Crippen molar-refractivity contribution in [3.8, 4) is 17.6 Å². The van der Waals surface area contributed by atoms with Crippen LogP contribution >= 0.6 is 0 Å². The number of alkyl halides is 3. The van der Waals surface area contributed by atoms with Crippen molar-refractivity contribution in [3.05, 3.63) is 95.2 Å². The first-order chi connectivity index (χ1) is 18.6. The third-order valence-electron chi connectivity index (χ3n) is 5.79. The zero-order valence-corrected chi connectivity index (χ0v) is 20.6. The zero-order chi connectivity index (χ0) is 28.0. The van der Waals surface area contributed by atoms with E-state index in [0.29, 0.717) is 24.5 Å². The van der Waals surface area contributed by atoms with Crippen LogP contribution in [-0.2, 0) is 10.9 Å². The van der Waals surface area contributed by atoms with E-state index in [0.717, 1.165) is 12.1 Å². The number of carbonyl (C=O) groups is 2. The van der Waals surface area contributed by atoms with Crippen molar-refractivity contribution in [1.29, 1.82) is 0 Å². The van der Waals surface area contributed by atoms with Crippen LogP contribution in [-0.4, -0.2) is 64.9 Å². The number of phenolic OH excluding ortho intramolecular Hbond substituents is 1. The molecular weight excluding hydrogens is 513 g/mol. The lowest BCUT2D eigenvalue weighted by atomic mass is 10.0. The molecule has 0 bridgehead atoms. The fraction of sp³-hybridized carbons (Fsp3) is 0.214. The average Bonchev–Trinajstić information content (AvgIpc) is 2.94. The van der Waals surface area contributed by atoms with Crippen molar-refractivity contribution >= 4 is 17.7 Å². The SMILES string of the molecule is C=CCOC(=O)c1ccc(N2CCN(C(=O)c3cc(C#Cc4cccc(O)c4)cc(C(F)(F)F)c3)CC2)nn1. The molecule has 4 rings (SSSR count). The summed E-state index contributed by atoms with van der Waals surface area (Å²) in [5.41, 5.74) is -0.616. The maximum atomic E-state index is 13.6. The smallest absolute Gasteiger partial charge is 0.416 e. The van der Waals surface area contributed by atoms with E-state index in [-0.39, 0.29) is 42.3 Å². The van der Waals surface area contributed by atoms with Crippen LogP contribution in [0.3, 0.4) is 0 Å². The van der Waals surface area contributed by atoms with Gasteiger partial charge in [0.1, 0.15) is 12.4 Å². The number of benzene rings is 2. The van der Waals surface area contributed by atoms with Gasteiger partial charge in [0.25, 0.3) is 5.91 Å². The Labute approximate surface area is 222 Å². The van der Waals surface area contributed by atoms with Crippen LogP contribution in [0.15, 0.2) is 67.3 Å². The standard InChI is InChI=1S/C28H23F3N4O4/c1-2-14-39-27(38)24-8-9-25(33-32-24)34-10-12-35(13-11-34)26(37)21-15-20(16-22(18-21)28(29,30)31)7-6-19-4-3-5-23(36)17-19/h2-5,8-9,15-18,36H,1,10-14H2. The number of piperazine rings is 1. The van der Waals surface area contributed by atoms with Gasteiger partial charge < -0.3 is 19.6 Å². The number of phenols is 1. The summed E-state index contributed by atoms with van der Waals surface area (Å²) < 4.78 is 45.7. The second-order valence-corrected chi connectivity index (χ2v) is 8.54. The molecule has 1 fully saturated rings. The van der Waals surface area contributed by atoms with Crippen molar-refractivity contribution in [3.63, 3.8) is 0 Å². The molecule has 2 heterocycles. The van der Waals surface area contributed by atoms with Gasteiger partial charge in [-0.05, 0) is 48.5 Å². The van der Waals surface area contributed by atoms with Gasteiger partial charge in [-0.25, -0.2) is 4.79 Å². The summed E-state index contributed by atoms with van der Waals surface area (Å²) in [7, 11) is 0. The van der Waals surface area contributed by atoms with E-state index < -0.39 is 23.6 Å². The minimum Gasteiger partial charge on any atom is -0.508 e. The molecule has 2 aromatic carbocycles. The highest BCUT2D eigenvalue weighted by atomic mass is 19.4. The lowest BCUT2D eigenvalue weighted by Crippen LogP contribution is -2.49. The molecule has 0 saturated carbocycles. The van der Waals surface area contributed by atoms with Gasteiger partial charge in [0.05, 0.1) is 5.56 Å². The van der Waals surface area contributed by atoms with Gasteiger partial charge in [-0.2, -0.15) is 13.2 Å². The van der Waals surface area contributed by atoms with Gasteiger partial charge >= 0.3 is 12.1 Å². The molecule has 11 heteroatoms. The van der Waals surface area contributed by atoms with Crippen LogP contribution < -0.4 is 4.90 Å². The molecule has 1 N–H and O–H groups in total. The largest absolute Gasteiger partial charge is 0.508 e. The predicted molar refractivity (Wildman–Crippen MR) is 136 cm³/mol. The third kappa shape index (κ3) is 6.93. The van der Waals surface area contributed by atoms with Crippen molar-refractivity contribution in [2.24, 2.45) is 0 Å². The fourth-order valence-corrected chi connectivity index (χ4v) is 3.85. The highest BCUT2D eigenvalue weighted by molar-refractivity contribution is 5.95. The Kier molecular flexibility index (Phi) is 8.15. The summed E-state index contributed by atoms with van der Waals surface area (Å²) in [4.78, 5) is 28.4. The number of aromatic nitrogens is 2. The van der Waals surface area contributed by atoms with Crippen LogP contribution in [0.5, 0.6) is 5.75 Å². The van der Waals surface area contributed by atoms with Gasteiger partial charge in [-0.1, -0.05) is 30.6 Å². The second-order valence-electron chi connectivity index (χ2n) is 8.54. The molecule has 8 nitrogen and oxygen atoms in total. The molecule has 3 aromatic rings. The van der Waals surface area contributed by atoms with Gasteiger partial charge in [0.15, 0.2) is 11.5 Å². The molecule has 200 valence electrons. The number of aromatic hydroxyl groups is 1. The second kappa shape index (κ2) is 11.7. The maximum absolute atomic E-state index is 13.6. The molecule has 1 aromatic heterocycles. The van der Waals surface area contributed by atoms with Crippen molar-refractivity contribution < 1.29 is 32.6 Å². The first kappa shape index (κ1) is 27.2. The van der Waals surface area contributed by atoms with Crippen molar-refractivity contribution in [2.45, 2.75) is 6.18 Å². The Morgan fingerprint density at radius 3 is 2.38 bits per heavy atom. The maximum Gasteiger partial charge on any atom is 0.416 e. The van der Waals surface area contributed by atoms with Gasteiger partial charge in [-0.15, -0.1) is 10.2 Å². The number of hydrogen-bond acceptors (Lipinski definition) is 7. The fourth-order valence-electron chi connectivity index (χ4n) is 3.85. The molecular formula is C28H23F3N4O4. The number of ether oxygens (including phenoxy) is 1. The Hall–Kier alpha value is -4.85. The van der Waals surface area contributed by atoms with E-state index >= 15 is 0 Å². The van der Waals surface area contributed by atoms with E-state index in [1.165, 1.54) is 35.2 Å². The van der Waals surface area contributed by atoms with Crippen LogP contribution in [0.4, 0.5) is 19.0 Å². The predicted octanol–water partition coefficient (Wildman–Crippen LogP) is 3.91. The molecule has 0 aliphatic carbocycles. The highest BCUT2D eigenvalue weighted by Crippen LogP contribution is 2.31. The Bertz CT molecular complexity index is 1440. The van der Waals surface area contributed by atoms with Crippen LogP contribution in [0.1, 0.15) is 37.5 Å². The molecule has 1 aliphatic heterocycles. The minimum absolute atomic E-state index is 0.0196. The molecule has 1 amide bonds. The summed E-state index contributed by atoms with van der Waals surface area (Å²) in [5.74, 6) is 4.67. The number of amides is 1. The highest BCUT2D eigenvalue weighted by Gasteiger charge is 2.32. The molecule has 1 aliphatic rings. The average molecular weight is 537 g/mol. The van der Waals surface area contributed by atoms with Crippen molar-refractivity contribution in [2.75, 3.05) is 37.7 Å². The number of anilines is 1. The summed E-state index contributed by atoms with van der Waals surface area (Å²) >= 11 is 0. The van der Waals surface area contributed by atoms with Crippen LogP contribution in [0.25, 0.3) is 0 Å². The molecule has 0 spiro atoms. The summed E-state index contributed by atoms with van der Waals surface area (Å²) in [6, 6.07) is 12.1. The monoisotopic (exact) mass is 536 g/mol. The normalized spacial score (nSPS) is 13.3. The first-order valence-electron chi connectivity index (χ1n) is 11.8. The number of esters is 1. The molecule has 0 atom stereocenters. The van der Waals surface area contributed by atoms with Crippen LogP contribution in [0, 0.1) is 11.8 Å². The molecule has 1 saturated heterocycles. The van der Waals surface area contributed by atoms with Crippen molar-refractivity contribution in [1.82, 2.24) is 15.1 Å². The molecule has 39 heavy (non-hydrogen) atoms. The minimum atomic E-state index is -4.67. The van der Waals surface area contributed by atoms with E-state index in [2.05, 4.69) is 28.6 Å². The first-order valence-corrected chi connectivity index (χ1v) is 11.8. The summed E-state index contributed by atoms with van der Waals surface area (Å²) in [5, 5.41) is 17.5. The number of nitrogens with zero attached hydrogens (tertiary/aromatic N) is 4. The van der Waals surface area contributed by atoms with E-state index in [9.17, 15) is 27.9 Å². The Morgan fingerprint density at radius 1 is 1.00 bits per heavy atom. The number of hydrogen-bond donors (Lipinski definition) is 1. The van der Waals surface area contributed by atoms with E-state index in [1.54, 1.807) is 18.2 Å². The van der Waals surface area contributed by atoms with E-state index in [4.69, 9.17) is 4.74 Å². The van der Waals surface area contributed by atoms with Gasteiger partial charge in [0.2, 0.25) is 0 Å². The summed E-state index contributed by atoms with van der Waals surface area (Å²) in [6.45, 7) is 4.73. The summed E-state index contributed by atoms with van der Waals surface area (Å²) in [6.07, 6.45) is -3.23. The molecule has 0 unspecified atom stereocenters. The number of carbonyl (C=O) groups excluding carboxylic acids is 2. The quantitative estimate of drug-likeness (QED) is 0.300. The van der Waals surface area contributed by atoms with Gasteiger partial charge in [0, 0.05) is 42.9 Å². The Morgan fingerprint density at radius 2 is 1.74 bits per heavy atom. The lowest BCUT2D eigenvalue weighted by molar-refractivity contribution is -0.137.